The molecule has 1 aromatic heterocycles. The van der Waals surface area contributed by atoms with Crippen LogP contribution in [0, 0.1) is 5.41 Å². The van der Waals surface area contributed by atoms with Gasteiger partial charge in [0.05, 0.1) is 0 Å². The quantitative estimate of drug-likeness (QED) is 0.710. The topological polar surface area (TPSA) is 84.1 Å². The molecule has 5 heteroatoms. The van der Waals surface area contributed by atoms with Gasteiger partial charge in [0.25, 0.3) is 0 Å². The molecular weight excluding hydrogens is 228 g/mol. The van der Waals surface area contributed by atoms with Gasteiger partial charge < -0.3 is 16.2 Å². The van der Waals surface area contributed by atoms with E-state index in [2.05, 4.69) is 15.3 Å². The van der Waals surface area contributed by atoms with Crippen LogP contribution in [0.5, 0.6) is 0 Å². The number of aliphatic hydroxyl groups excluding tert-OH is 1. The van der Waals surface area contributed by atoms with E-state index in [-0.39, 0.29) is 12.0 Å². The van der Waals surface area contributed by atoms with Crippen LogP contribution in [0.2, 0.25) is 0 Å². The van der Waals surface area contributed by atoms with Crippen molar-refractivity contribution < 1.29 is 5.11 Å². The van der Waals surface area contributed by atoms with Gasteiger partial charge in [-0.05, 0) is 37.5 Å². The first kappa shape index (κ1) is 11.7. The number of hydrogen-bond acceptors (Lipinski definition) is 5. The van der Waals surface area contributed by atoms with Gasteiger partial charge in [-0.25, -0.2) is 9.97 Å². The highest BCUT2D eigenvalue weighted by atomic mass is 16.3. The lowest BCUT2D eigenvalue weighted by molar-refractivity contribution is 0.253. The molecule has 0 unspecified atom stereocenters. The molecule has 2 fully saturated rings. The summed E-state index contributed by atoms with van der Waals surface area (Å²) in [5, 5.41) is 12.4. The number of nitrogens with two attached hydrogens (primary N) is 1. The second kappa shape index (κ2) is 4.39. The fourth-order valence-corrected chi connectivity index (χ4v) is 2.31. The Bertz CT molecular complexity index is 441. The Morgan fingerprint density at radius 2 is 2.17 bits per heavy atom. The van der Waals surface area contributed by atoms with E-state index in [0.717, 1.165) is 24.6 Å². The highest BCUT2D eigenvalue weighted by Crippen LogP contribution is 2.48. The highest BCUT2D eigenvalue weighted by molar-refractivity contribution is 5.45. The fraction of sp³-hybridized carbons (Fsp3) is 0.692. The second-order valence-electron chi connectivity index (χ2n) is 5.64. The van der Waals surface area contributed by atoms with Crippen molar-refractivity contribution in [3.63, 3.8) is 0 Å². The SMILES string of the molecule is Nc1cc(NCC2(CCO)CC2)nc(C2CC2)n1. The van der Waals surface area contributed by atoms with Crippen LogP contribution in [0.4, 0.5) is 11.6 Å². The Morgan fingerprint density at radius 1 is 1.39 bits per heavy atom. The van der Waals surface area contributed by atoms with Crippen LogP contribution in [0.15, 0.2) is 6.07 Å². The number of hydrogen-bond donors (Lipinski definition) is 3. The van der Waals surface area contributed by atoms with Gasteiger partial charge in [-0.2, -0.15) is 0 Å². The molecule has 0 bridgehead atoms. The molecular formula is C13H20N4O. The van der Waals surface area contributed by atoms with Crippen LogP contribution in [0.3, 0.4) is 0 Å². The van der Waals surface area contributed by atoms with E-state index < -0.39 is 0 Å². The molecule has 4 N–H and O–H groups in total. The average Bonchev–Trinajstić information content (AvgIpc) is 3.22. The van der Waals surface area contributed by atoms with Gasteiger partial charge >= 0.3 is 0 Å². The third-order valence-electron chi connectivity index (χ3n) is 3.95. The number of rotatable bonds is 6. The van der Waals surface area contributed by atoms with E-state index in [0.29, 0.717) is 11.7 Å². The monoisotopic (exact) mass is 248 g/mol. The van der Waals surface area contributed by atoms with Crippen molar-refractivity contribution in [1.82, 2.24) is 9.97 Å². The molecule has 1 heterocycles. The maximum absolute atomic E-state index is 9.03. The molecule has 0 aromatic carbocycles. The van der Waals surface area contributed by atoms with Gasteiger partial charge in [0.1, 0.15) is 17.5 Å². The van der Waals surface area contributed by atoms with Gasteiger partial charge in [0, 0.05) is 25.1 Å². The molecule has 2 aliphatic carbocycles. The summed E-state index contributed by atoms with van der Waals surface area (Å²) in [4.78, 5) is 8.80. The predicted octanol–water partition coefficient (Wildman–Crippen LogP) is 1.51. The van der Waals surface area contributed by atoms with Gasteiger partial charge in [-0.3, -0.25) is 0 Å². The average molecular weight is 248 g/mol. The number of nitrogen functional groups attached to an aromatic ring is 1. The van der Waals surface area contributed by atoms with Crippen LogP contribution in [-0.2, 0) is 0 Å². The molecule has 0 saturated heterocycles. The van der Waals surface area contributed by atoms with E-state index in [4.69, 9.17) is 10.8 Å². The van der Waals surface area contributed by atoms with Crippen molar-refractivity contribution in [1.29, 1.82) is 0 Å². The minimum Gasteiger partial charge on any atom is -0.396 e. The molecule has 18 heavy (non-hydrogen) atoms. The lowest BCUT2D eigenvalue weighted by Gasteiger charge is -2.15. The Kier molecular flexibility index (Phi) is 2.86. The summed E-state index contributed by atoms with van der Waals surface area (Å²) in [5.74, 6) is 2.76. The molecule has 98 valence electrons. The first-order valence-electron chi connectivity index (χ1n) is 6.70. The zero-order valence-corrected chi connectivity index (χ0v) is 10.5. The van der Waals surface area contributed by atoms with Gasteiger partial charge in [0.2, 0.25) is 0 Å². The molecule has 2 saturated carbocycles. The molecule has 0 atom stereocenters. The van der Waals surface area contributed by atoms with E-state index in [9.17, 15) is 0 Å². The molecule has 0 spiro atoms. The maximum atomic E-state index is 9.03. The van der Waals surface area contributed by atoms with E-state index in [1.807, 2.05) is 0 Å². The number of nitrogens with zero attached hydrogens (tertiary/aromatic N) is 2. The van der Waals surface area contributed by atoms with Crippen LogP contribution in [0.25, 0.3) is 0 Å². The van der Waals surface area contributed by atoms with Crippen LogP contribution >= 0.6 is 0 Å². The third-order valence-corrected chi connectivity index (χ3v) is 3.95. The molecule has 3 rings (SSSR count). The van der Waals surface area contributed by atoms with Gasteiger partial charge in [0.15, 0.2) is 0 Å². The van der Waals surface area contributed by atoms with Crippen molar-refractivity contribution in [2.45, 2.75) is 38.0 Å². The summed E-state index contributed by atoms with van der Waals surface area (Å²) in [6.07, 6.45) is 5.61. The standard InChI is InChI=1S/C13H20N4O/c14-10-7-11(17-12(16-10)9-1-2-9)15-8-13(3-4-13)5-6-18/h7,9,18H,1-6,8H2,(H3,14,15,16,17). The van der Waals surface area contributed by atoms with Gasteiger partial charge in [-0.15, -0.1) is 0 Å². The minimum atomic E-state index is 0.265. The summed E-state index contributed by atoms with van der Waals surface area (Å²) in [5.41, 5.74) is 6.09. The van der Waals surface area contributed by atoms with E-state index in [1.165, 1.54) is 25.7 Å². The smallest absolute Gasteiger partial charge is 0.136 e. The largest absolute Gasteiger partial charge is 0.396 e. The number of aliphatic hydroxyl groups is 1. The zero-order valence-electron chi connectivity index (χ0n) is 10.5. The summed E-state index contributed by atoms with van der Waals surface area (Å²) in [6.45, 7) is 1.13. The Balaban J connectivity index is 1.65. The number of nitrogens with one attached hydrogen (secondary N) is 1. The summed E-state index contributed by atoms with van der Waals surface area (Å²) < 4.78 is 0. The summed E-state index contributed by atoms with van der Waals surface area (Å²) >= 11 is 0. The number of anilines is 2. The first-order valence-corrected chi connectivity index (χ1v) is 6.70. The first-order chi connectivity index (χ1) is 8.71. The van der Waals surface area contributed by atoms with Crippen LogP contribution < -0.4 is 11.1 Å². The Morgan fingerprint density at radius 3 is 2.78 bits per heavy atom. The minimum absolute atomic E-state index is 0.265. The van der Waals surface area contributed by atoms with Crippen LogP contribution in [0.1, 0.15) is 43.8 Å². The molecule has 0 aliphatic heterocycles. The van der Waals surface area contributed by atoms with Crippen molar-refractivity contribution in [2.24, 2.45) is 5.41 Å². The van der Waals surface area contributed by atoms with Crippen molar-refractivity contribution >= 4 is 11.6 Å². The fourth-order valence-electron chi connectivity index (χ4n) is 2.31. The van der Waals surface area contributed by atoms with Crippen LogP contribution in [-0.4, -0.2) is 28.2 Å². The normalized spacial score (nSPS) is 20.7. The second-order valence-corrected chi connectivity index (χ2v) is 5.64. The van der Waals surface area contributed by atoms with Crippen molar-refractivity contribution in [3.8, 4) is 0 Å². The number of aromatic nitrogens is 2. The Hall–Kier alpha value is -1.36. The lowest BCUT2D eigenvalue weighted by atomic mass is 10.0. The van der Waals surface area contributed by atoms with Gasteiger partial charge in [-0.1, -0.05) is 0 Å². The molecule has 0 radical (unpaired) electrons. The van der Waals surface area contributed by atoms with Crippen molar-refractivity contribution in [3.05, 3.63) is 11.9 Å². The predicted molar refractivity (Wildman–Crippen MR) is 70.3 cm³/mol. The maximum Gasteiger partial charge on any atom is 0.136 e. The summed E-state index contributed by atoms with van der Waals surface area (Å²) in [7, 11) is 0. The van der Waals surface area contributed by atoms with Crippen molar-refractivity contribution in [2.75, 3.05) is 24.2 Å². The molecule has 1 aromatic rings. The summed E-state index contributed by atoms with van der Waals surface area (Å²) in [6, 6.07) is 1.79. The third kappa shape index (κ3) is 2.56. The zero-order chi connectivity index (χ0) is 12.6. The molecule has 5 nitrogen and oxygen atoms in total. The lowest BCUT2D eigenvalue weighted by Crippen LogP contribution is -2.18. The molecule has 2 aliphatic rings. The molecule has 0 amide bonds. The van der Waals surface area contributed by atoms with E-state index in [1.54, 1.807) is 6.07 Å². The van der Waals surface area contributed by atoms with E-state index >= 15 is 0 Å². The Labute approximate surface area is 107 Å². The highest BCUT2D eigenvalue weighted by Gasteiger charge is 2.41.